The van der Waals surface area contributed by atoms with Gasteiger partial charge in [0.25, 0.3) is 0 Å². The maximum Gasteiger partial charge on any atom is 0.229 e. The van der Waals surface area contributed by atoms with E-state index in [9.17, 15) is 4.79 Å². The number of likely N-dealkylation sites (tertiary alicyclic amines) is 1. The van der Waals surface area contributed by atoms with E-state index >= 15 is 0 Å². The minimum Gasteiger partial charge on any atom is -0.357 e. The Morgan fingerprint density at radius 3 is 2.50 bits per heavy atom. The summed E-state index contributed by atoms with van der Waals surface area (Å²) in [6.07, 6.45) is 0.472. The molecule has 2 atom stereocenters. The molecule has 18 heavy (non-hydrogen) atoms. The molecule has 0 aromatic heterocycles. The van der Waals surface area contributed by atoms with Gasteiger partial charge in [0, 0.05) is 0 Å². The predicted molar refractivity (Wildman–Crippen MR) is 70.9 cm³/mol. The lowest BCUT2D eigenvalue weighted by Gasteiger charge is -2.44. The van der Waals surface area contributed by atoms with Crippen LogP contribution in [0.2, 0.25) is 0 Å². The van der Waals surface area contributed by atoms with Crippen molar-refractivity contribution in [1.82, 2.24) is 4.90 Å². The summed E-state index contributed by atoms with van der Waals surface area (Å²) in [5, 5.41) is 0. The molecule has 1 saturated heterocycles. The van der Waals surface area contributed by atoms with Crippen LogP contribution in [0.3, 0.4) is 0 Å². The van der Waals surface area contributed by atoms with Gasteiger partial charge in [0.05, 0.1) is 19.1 Å². The molecule has 1 aromatic carbocycles. The largest absolute Gasteiger partial charge is 0.357 e. The number of carbonyl (C=O) groups is 1. The van der Waals surface area contributed by atoms with E-state index in [2.05, 4.69) is 32.9 Å². The van der Waals surface area contributed by atoms with Crippen molar-refractivity contribution in [1.29, 1.82) is 0 Å². The lowest BCUT2D eigenvalue weighted by atomic mass is 10.0. The third-order valence-electron chi connectivity index (χ3n) is 3.27. The fourth-order valence-corrected chi connectivity index (χ4v) is 2.20. The summed E-state index contributed by atoms with van der Waals surface area (Å²) in [5.74, 6) is 0.676. The van der Waals surface area contributed by atoms with Gasteiger partial charge in [0.15, 0.2) is 0 Å². The zero-order valence-corrected chi connectivity index (χ0v) is 11.3. The molecular weight excluding hydrogens is 226 g/mol. The van der Waals surface area contributed by atoms with E-state index in [1.165, 1.54) is 0 Å². The summed E-state index contributed by atoms with van der Waals surface area (Å²) in [4.78, 5) is 13.6. The Hall–Kier alpha value is -1.35. The molecule has 2 rings (SSSR count). The van der Waals surface area contributed by atoms with E-state index in [1.54, 1.807) is 0 Å². The second-order valence-corrected chi connectivity index (χ2v) is 5.27. The lowest BCUT2D eigenvalue weighted by Crippen LogP contribution is -2.55. The number of hydrogen-bond acceptors (Lipinski definition) is 2. The summed E-state index contributed by atoms with van der Waals surface area (Å²) >= 11 is 0. The van der Waals surface area contributed by atoms with Crippen molar-refractivity contribution in [3.63, 3.8) is 0 Å². The van der Waals surface area contributed by atoms with Crippen LogP contribution < -0.4 is 0 Å². The van der Waals surface area contributed by atoms with Gasteiger partial charge in [0.1, 0.15) is 6.23 Å². The fourth-order valence-electron chi connectivity index (χ4n) is 2.20. The van der Waals surface area contributed by atoms with Crippen molar-refractivity contribution in [2.75, 3.05) is 6.61 Å². The molecule has 1 amide bonds. The van der Waals surface area contributed by atoms with Crippen molar-refractivity contribution in [3.05, 3.63) is 35.9 Å². The minimum atomic E-state index is -0.0462. The second kappa shape index (κ2) is 5.53. The van der Waals surface area contributed by atoms with Crippen molar-refractivity contribution in [2.24, 2.45) is 5.92 Å². The van der Waals surface area contributed by atoms with Gasteiger partial charge in [-0.2, -0.15) is 0 Å². The highest BCUT2D eigenvalue weighted by Gasteiger charge is 2.40. The van der Waals surface area contributed by atoms with Gasteiger partial charge in [-0.25, -0.2) is 0 Å². The highest BCUT2D eigenvalue weighted by Crippen LogP contribution is 2.32. The topological polar surface area (TPSA) is 29.5 Å². The summed E-state index contributed by atoms with van der Waals surface area (Å²) in [6, 6.07) is 10.2. The number of rotatable bonds is 5. The Morgan fingerprint density at radius 2 is 1.94 bits per heavy atom. The Balaban J connectivity index is 2.00. The molecule has 0 aliphatic carbocycles. The van der Waals surface area contributed by atoms with Crippen LogP contribution in [0.4, 0.5) is 0 Å². The van der Waals surface area contributed by atoms with Crippen molar-refractivity contribution < 1.29 is 9.53 Å². The summed E-state index contributed by atoms with van der Waals surface area (Å²) < 4.78 is 5.77. The number of hydrogen-bond donors (Lipinski definition) is 0. The molecule has 0 N–H and O–H groups in total. The molecule has 1 heterocycles. The lowest BCUT2D eigenvalue weighted by molar-refractivity contribution is -0.182. The molecule has 0 spiro atoms. The third-order valence-corrected chi connectivity index (χ3v) is 3.27. The summed E-state index contributed by atoms with van der Waals surface area (Å²) in [5.41, 5.74) is 1.16. The van der Waals surface area contributed by atoms with E-state index in [4.69, 9.17) is 4.74 Å². The van der Waals surface area contributed by atoms with Crippen LogP contribution in [0.5, 0.6) is 0 Å². The monoisotopic (exact) mass is 247 g/mol. The molecule has 0 unspecified atom stereocenters. The quantitative estimate of drug-likeness (QED) is 0.749. The van der Waals surface area contributed by atoms with Crippen LogP contribution in [0, 0.1) is 5.92 Å². The van der Waals surface area contributed by atoms with Gasteiger partial charge in [0.2, 0.25) is 5.91 Å². The van der Waals surface area contributed by atoms with Crippen molar-refractivity contribution in [2.45, 2.75) is 39.5 Å². The molecular formula is C15H21NO2. The highest BCUT2D eigenvalue weighted by molar-refractivity contribution is 5.83. The number of benzene rings is 1. The summed E-state index contributed by atoms with van der Waals surface area (Å²) in [7, 11) is 0. The predicted octanol–water partition coefficient (Wildman–Crippen LogP) is 2.98. The zero-order chi connectivity index (χ0) is 13.1. The molecule has 1 fully saturated rings. The average molecular weight is 247 g/mol. The SMILES string of the molecule is CC(C)CO[C@@H]1CC(=O)N1[C@@H](C)c1ccccc1. The molecule has 1 aliphatic heterocycles. The van der Waals surface area contributed by atoms with Crippen molar-refractivity contribution in [3.8, 4) is 0 Å². The molecule has 0 radical (unpaired) electrons. The Bertz CT molecular complexity index is 402. The van der Waals surface area contributed by atoms with Gasteiger partial charge in [-0.3, -0.25) is 4.79 Å². The first-order valence-electron chi connectivity index (χ1n) is 6.57. The highest BCUT2D eigenvalue weighted by atomic mass is 16.5. The van der Waals surface area contributed by atoms with Gasteiger partial charge < -0.3 is 9.64 Å². The molecule has 1 aromatic rings. The Labute approximate surface area is 109 Å². The van der Waals surface area contributed by atoms with Crippen LogP contribution in [-0.4, -0.2) is 23.6 Å². The van der Waals surface area contributed by atoms with Crippen LogP contribution in [-0.2, 0) is 9.53 Å². The van der Waals surface area contributed by atoms with Gasteiger partial charge in [-0.05, 0) is 18.4 Å². The first-order chi connectivity index (χ1) is 8.59. The fraction of sp³-hybridized carbons (Fsp3) is 0.533. The number of amides is 1. The smallest absolute Gasteiger partial charge is 0.229 e. The number of ether oxygens (including phenoxy) is 1. The van der Waals surface area contributed by atoms with E-state index in [0.717, 1.165) is 5.56 Å². The molecule has 3 nitrogen and oxygen atoms in total. The van der Waals surface area contributed by atoms with Crippen molar-refractivity contribution >= 4 is 5.91 Å². The molecule has 0 bridgehead atoms. The van der Waals surface area contributed by atoms with E-state index in [0.29, 0.717) is 18.9 Å². The van der Waals surface area contributed by atoms with Gasteiger partial charge >= 0.3 is 0 Å². The first kappa shape index (κ1) is 13.1. The number of β-lactam (4-membered cyclic amide) rings is 1. The molecule has 3 heteroatoms. The molecule has 0 saturated carbocycles. The normalized spacial score (nSPS) is 21.0. The van der Waals surface area contributed by atoms with Crippen LogP contribution in [0.15, 0.2) is 30.3 Å². The van der Waals surface area contributed by atoms with Crippen LogP contribution >= 0.6 is 0 Å². The van der Waals surface area contributed by atoms with E-state index in [-0.39, 0.29) is 18.2 Å². The molecule has 98 valence electrons. The number of carbonyl (C=O) groups excluding carboxylic acids is 1. The van der Waals surface area contributed by atoms with Crippen LogP contribution in [0.25, 0.3) is 0 Å². The maximum atomic E-state index is 11.7. The van der Waals surface area contributed by atoms with Crippen LogP contribution in [0.1, 0.15) is 38.8 Å². The Kier molecular flexibility index (Phi) is 4.02. The van der Waals surface area contributed by atoms with E-state index in [1.807, 2.05) is 23.1 Å². The summed E-state index contributed by atoms with van der Waals surface area (Å²) in [6.45, 7) is 6.99. The van der Waals surface area contributed by atoms with Gasteiger partial charge in [-0.1, -0.05) is 44.2 Å². The standard InChI is InChI=1S/C15H21NO2/c1-11(2)10-18-15-9-14(17)16(15)12(3)13-7-5-4-6-8-13/h4-8,11-12,15H,9-10H2,1-3H3/t12-,15+/m0/s1. The first-order valence-corrected chi connectivity index (χ1v) is 6.57. The zero-order valence-electron chi connectivity index (χ0n) is 11.3. The van der Waals surface area contributed by atoms with E-state index < -0.39 is 0 Å². The second-order valence-electron chi connectivity index (χ2n) is 5.27. The Morgan fingerprint density at radius 1 is 1.28 bits per heavy atom. The average Bonchev–Trinajstić information content (AvgIpc) is 2.34. The number of nitrogens with zero attached hydrogens (tertiary/aromatic N) is 1. The third kappa shape index (κ3) is 2.72. The minimum absolute atomic E-state index is 0.0462. The van der Waals surface area contributed by atoms with Gasteiger partial charge in [-0.15, -0.1) is 0 Å². The maximum absolute atomic E-state index is 11.7. The molecule has 1 aliphatic rings.